The molecule has 2 heterocycles. The van der Waals surface area contributed by atoms with Crippen LogP contribution >= 0.6 is 0 Å². The van der Waals surface area contributed by atoms with Crippen molar-refractivity contribution in [1.29, 1.82) is 0 Å². The molecule has 0 aromatic carbocycles. The second kappa shape index (κ2) is 6.39. The van der Waals surface area contributed by atoms with Gasteiger partial charge in [0, 0.05) is 13.1 Å². The number of carboxylic acids is 1. The molecule has 7 nitrogen and oxygen atoms in total. The van der Waals surface area contributed by atoms with E-state index in [1.54, 1.807) is 31.7 Å². The van der Waals surface area contributed by atoms with E-state index in [4.69, 9.17) is 4.74 Å². The summed E-state index contributed by atoms with van der Waals surface area (Å²) in [6.07, 6.45) is -0.670. The summed E-state index contributed by atoms with van der Waals surface area (Å²) in [5, 5.41) is 9.40. The van der Waals surface area contributed by atoms with Crippen LogP contribution in [0.2, 0.25) is 0 Å². The Morgan fingerprint density at radius 1 is 1.35 bits per heavy atom. The van der Waals surface area contributed by atoms with Gasteiger partial charge in [-0.05, 0) is 32.9 Å². The number of hydrogen-bond acceptors (Lipinski definition) is 5. The Kier molecular flexibility index (Phi) is 4.72. The van der Waals surface area contributed by atoms with Gasteiger partial charge in [-0.1, -0.05) is 6.07 Å². The van der Waals surface area contributed by atoms with E-state index < -0.39 is 29.7 Å². The van der Waals surface area contributed by atoms with Gasteiger partial charge in [-0.25, -0.2) is 14.6 Å². The standard InChI is InChI=1S/C15H20FN3O4/c1-15(2,3)23-14(22)19-8-7-18(9-10(19)13(20)21)12-6-4-5-11(16)17-12/h4-6,10H,7-9H2,1-3H3,(H,20,21)/t10-/m0/s1. The lowest BCUT2D eigenvalue weighted by atomic mass is 10.1. The van der Waals surface area contributed by atoms with Crippen LogP contribution in [-0.2, 0) is 9.53 Å². The molecule has 1 saturated heterocycles. The van der Waals surface area contributed by atoms with Gasteiger partial charge in [-0.15, -0.1) is 0 Å². The minimum atomic E-state index is -1.14. The molecule has 0 aliphatic carbocycles. The fourth-order valence-electron chi connectivity index (χ4n) is 2.32. The number of carboxylic acid groups (broad SMARTS) is 1. The van der Waals surface area contributed by atoms with Crippen molar-refractivity contribution >= 4 is 17.9 Å². The van der Waals surface area contributed by atoms with Crippen LogP contribution in [0.25, 0.3) is 0 Å². The number of anilines is 1. The number of aromatic nitrogens is 1. The average Bonchev–Trinajstić information content (AvgIpc) is 2.44. The van der Waals surface area contributed by atoms with E-state index in [-0.39, 0.29) is 13.1 Å². The van der Waals surface area contributed by atoms with Crippen LogP contribution in [0.5, 0.6) is 0 Å². The van der Waals surface area contributed by atoms with E-state index in [2.05, 4.69) is 4.98 Å². The van der Waals surface area contributed by atoms with Gasteiger partial charge in [0.25, 0.3) is 0 Å². The summed E-state index contributed by atoms with van der Waals surface area (Å²) >= 11 is 0. The molecule has 0 saturated carbocycles. The summed E-state index contributed by atoms with van der Waals surface area (Å²) in [5.41, 5.74) is -0.707. The normalized spacial score (nSPS) is 18.7. The SMILES string of the molecule is CC(C)(C)OC(=O)N1CCN(c2cccc(F)n2)C[C@H]1C(=O)O. The van der Waals surface area contributed by atoms with Crippen LogP contribution in [0.15, 0.2) is 18.2 Å². The first kappa shape index (κ1) is 17.0. The molecule has 23 heavy (non-hydrogen) atoms. The molecule has 8 heteroatoms. The minimum Gasteiger partial charge on any atom is -0.480 e. The third kappa shape index (κ3) is 4.30. The number of hydrogen-bond donors (Lipinski definition) is 1. The molecule has 0 unspecified atom stereocenters. The summed E-state index contributed by atoms with van der Waals surface area (Å²) in [7, 11) is 0. The zero-order valence-electron chi connectivity index (χ0n) is 13.3. The third-order valence-corrected chi connectivity index (χ3v) is 3.32. The number of rotatable bonds is 2. The zero-order valence-corrected chi connectivity index (χ0v) is 13.3. The first-order valence-electron chi connectivity index (χ1n) is 7.27. The first-order valence-corrected chi connectivity index (χ1v) is 7.27. The predicted octanol–water partition coefficient (Wildman–Crippen LogP) is 1.73. The highest BCUT2D eigenvalue weighted by atomic mass is 19.1. The number of ether oxygens (including phenoxy) is 1. The van der Waals surface area contributed by atoms with Crippen LogP contribution in [0.3, 0.4) is 0 Å². The molecule has 1 aromatic heterocycles. The molecule has 0 spiro atoms. The maximum absolute atomic E-state index is 13.2. The quantitative estimate of drug-likeness (QED) is 0.834. The largest absolute Gasteiger partial charge is 0.480 e. The predicted molar refractivity (Wildman–Crippen MR) is 80.8 cm³/mol. The Bertz CT molecular complexity index is 603. The minimum absolute atomic E-state index is 0.0189. The van der Waals surface area contributed by atoms with Gasteiger partial charge in [0.2, 0.25) is 5.95 Å². The summed E-state index contributed by atoms with van der Waals surface area (Å²) in [4.78, 5) is 30.3. The lowest BCUT2D eigenvalue weighted by molar-refractivity contribution is -0.143. The first-order chi connectivity index (χ1) is 10.7. The van der Waals surface area contributed by atoms with Gasteiger partial charge >= 0.3 is 12.1 Å². The van der Waals surface area contributed by atoms with E-state index in [9.17, 15) is 19.1 Å². The van der Waals surface area contributed by atoms with E-state index in [0.717, 1.165) is 0 Å². The lowest BCUT2D eigenvalue weighted by Crippen LogP contribution is -2.59. The van der Waals surface area contributed by atoms with Crippen molar-refractivity contribution in [3.8, 4) is 0 Å². The van der Waals surface area contributed by atoms with Gasteiger partial charge in [-0.2, -0.15) is 4.39 Å². The van der Waals surface area contributed by atoms with Crippen LogP contribution in [0, 0.1) is 5.95 Å². The molecule has 0 radical (unpaired) electrons. The molecule has 1 fully saturated rings. The fourth-order valence-corrected chi connectivity index (χ4v) is 2.32. The number of amides is 1. The molecule has 2 rings (SSSR count). The third-order valence-electron chi connectivity index (χ3n) is 3.32. The number of aliphatic carboxylic acids is 1. The number of halogens is 1. The fraction of sp³-hybridized carbons (Fsp3) is 0.533. The van der Waals surface area contributed by atoms with E-state index in [1.165, 1.54) is 17.0 Å². The van der Waals surface area contributed by atoms with Crippen LogP contribution in [-0.4, -0.2) is 58.3 Å². The second-order valence-corrected chi connectivity index (χ2v) is 6.29. The van der Waals surface area contributed by atoms with E-state index in [0.29, 0.717) is 12.4 Å². The lowest BCUT2D eigenvalue weighted by Gasteiger charge is -2.40. The topological polar surface area (TPSA) is 83.0 Å². The van der Waals surface area contributed by atoms with E-state index >= 15 is 0 Å². The summed E-state index contributed by atoms with van der Waals surface area (Å²) in [5.74, 6) is -1.43. The van der Waals surface area contributed by atoms with E-state index in [1.807, 2.05) is 0 Å². The molecular weight excluding hydrogens is 305 g/mol. The van der Waals surface area contributed by atoms with Gasteiger partial charge in [0.15, 0.2) is 0 Å². The van der Waals surface area contributed by atoms with Crippen molar-refractivity contribution in [3.05, 3.63) is 24.1 Å². The van der Waals surface area contributed by atoms with Gasteiger partial charge in [-0.3, -0.25) is 4.90 Å². The molecule has 126 valence electrons. The van der Waals surface area contributed by atoms with Crippen LogP contribution in [0.4, 0.5) is 15.0 Å². The zero-order chi connectivity index (χ0) is 17.2. The van der Waals surface area contributed by atoms with Crippen molar-refractivity contribution in [2.24, 2.45) is 0 Å². The van der Waals surface area contributed by atoms with Crippen LogP contribution < -0.4 is 4.90 Å². The smallest absolute Gasteiger partial charge is 0.411 e. The Labute approximate surface area is 133 Å². The number of pyridine rings is 1. The van der Waals surface area contributed by atoms with Gasteiger partial charge < -0.3 is 14.7 Å². The maximum atomic E-state index is 13.2. The summed E-state index contributed by atoms with van der Waals surface area (Å²) in [6.45, 7) is 5.67. The molecule has 1 aromatic rings. The van der Waals surface area contributed by atoms with Gasteiger partial charge in [0.1, 0.15) is 17.5 Å². The molecular formula is C15H20FN3O4. The highest BCUT2D eigenvalue weighted by Gasteiger charge is 2.38. The summed E-state index contributed by atoms with van der Waals surface area (Å²) in [6, 6.07) is 3.25. The Morgan fingerprint density at radius 2 is 2.04 bits per heavy atom. The Balaban J connectivity index is 2.15. The van der Waals surface area contributed by atoms with Crippen LogP contribution in [0.1, 0.15) is 20.8 Å². The maximum Gasteiger partial charge on any atom is 0.411 e. The Morgan fingerprint density at radius 3 is 2.61 bits per heavy atom. The summed E-state index contributed by atoms with van der Waals surface area (Å²) < 4.78 is 18.5. The van der Waals surface area contributed by atoms with Crippen molar-refractivity contribution in [2.45, 2.75) is 32.4 Å². The highest BCUT2D eigenvalue weighted by Crippen LogP contribution is 2.20. The van der Waals surface area contributed by atoms with Crippen molar-refractivity contribution < 1.29 is 23.8 Å². The number of carbonyl (C=O) groups excluding carboxylic acids is 1. The number of piperazine rings is 1. The molecule has 1 aliphatic rings. The monoisotopic (exact) mass is 325 g/mol. The van der Waals surface area contributed by atoms with Crippen molar-refractivity contribution in [3.63, 3.8) is 0 Å². The van der Waals surface area contributed by atoms with Crippen molar-refractivity contribution in [2.75, 3.05) is 24.5 Å². The van der Waals surface area contributed by atoms with Crippen molar-refractivity contribution in [1.82, 2.24) is 9.88 Å². The average molecular weight is 325 g/mol. The molecule has 1 aliphatic heterocycles. The molecule has 0 bridgehead atoms. The Hall–Kier alpha value is -2.38. The molecule has 1 N–H and O–H groups in total. The number of nitrogens with zero attached hydrogens (tertiary/aromatic N) is 3. The second-order valence-electron chi connectivity index (χ2n) is 6.29. The number of carbonyl (C=O) groups is 2. The molecule has 1 atom stereocenters. The molecule has 1 amide bonds. The van der Waals surface area contributed by atoms with Gasteiger partial charge in [0.05, 0.1) is 6.54 Å². The highest BCUT2D eigenvalue weighted by molar-refractivity contribution is 5.81.